The van der Waals surface area contributed by atoms with Gasteiger partial charge in [-0.3, -0.25) is 9.59 Å². The Morgan fingerprint density at radius 3 is 2.24 bits per heavy atom. The molecule has 0 heterocycles. The van der Waals surface area contributed by atoms with E-state index >= 15 is 0 Å². The van der Waals surface area contributed by atoms with Gasteiger partial charge in [0.25, 0.3) is 0 Å². The van der Waals surface area contributed by atoms with Gasteiger partial charge in [-0.05, 0) is 25.1 Å². The van der Waals surface area contributed by atoms with Gasteiger partial charge in [0.05, 0.1) is 19.8 Å². The van der Waals surface area contributed by atoms with Crippen LogP contribution < -0.4 is 9.47 Å². The molecular formula is C13H12O4. The van der Waals surface area contributed by atoms with Crippen LogP contribution >= 0.6 is 0 Å². The van der Waals surface area contributed by atoms with Crippen LogP contribution in [0.2, 0.25) is 0 Å². The number of allylic oxidation sites excluding steroid dienone is 2. The molecule has 2 rings (SSSR count). The fourth-order valence-corrected chi connectivity index (χ4v) is 1.96. The van der Waals surface area contributed by atoms with Crippen molar-refractivity contribution in [1.29, 1.82) is 0 Å². The predicted molar refractivity (Wildman–Crippen MR) is 62.1 cm³/mol. The number of benzene rings is 1. The Hall–Kier alpha value is -2.10. The van der Waals surface area contributed by atoms with Gasteiger partial charge in [0.2, 0.25) is 0 Å². The summed E-state index contributed by atoms with van der Waals surface area (Å²) < 4.78 is 10.4. The number of rotatable bonds is 2. The molecule has 88 valence electrons. The second-order valence-corrected chi connectivity index (χ2v) is 3.72. The van der Waals surface area contributed by atoms with E-state index in [1.165, 1.54) is 26.4 Å². The average Bonchev–Trinajstić information content (AvgIpc) is 2.33. The Balaban J connectivity index is 2.80. The summed E-state index contributed by atoms with van der Waals surface area (Å²) in [7, 11) is 2.98. The SMILES string of the molecule is COc1cc2c(c(OC)c1C)C(=O)C=CC2=O. The van der Waals surface area contributed by atoms with E-state index < -0.39 is 0 Å². The maximum absolute atomic E-state index is 11.8. The summed E-state index contributed by atoms with van der Waals surface area (Å²) in [6.07, 6.45) is 2.53. The molecule has 0 spiro atoms. The number of ether oxygens (including phenoxy) is 2. The van der Waals surface area contributed by atoms with Crippen molar-refractivity contribution in [3.8, 4) is 11.5 Å². The average molecular weight is 232 g/mol. The van der Waals surface area contributed by atoms with E-state index in [0.717, 1.165) is 0 Å². The largest absolute Gasteiger partial charge is 0.496 e. The number of carbonyl (C=O) groups excluding carboxylic acids is 2. The molecule has 0 amide bonds. The van der Waals surface area contributed by atoms with Gasteiger partial charge in [-0.2, -0.15) is 0 Å². The standard InChI is InChI=1S/C13H12O4/c1-7-11(16-2)6-8-9(14)4-5-10(15)12(8)13(7)17-3/h4-6H,1-3H3. The molecule has 17 heavy (non-hydrogen) atoms. The second-order valence-electron chi connectivity index (χ2n) is 3.72. The number of methoxy groups -OCH3 is 2. The topological polar surface area (TPSA) is 52.6 Å². The van der Waals surface area contributed by atoms with Crippen LogP contribution in [-0.2, 0) is 0 Å². The Morgan fingerprint density at radius 2 is 1.65 bits per heavy atom. The minimum atomic E-state index is -0.220. The minimum absolute atomic E-state index is 0.212. The van der Waals surface area contributed by atoms with Gasteiger partial charge in [-0.15, -0.1) is 0 Å². The molecule has 1 aromatic carbocycles. The van der Waals surface area contributed by atoms with Gasteiger partial charge in [0.15, 0.2) is 11.6 Å². The zero-order valence-corrected chi connectivity index (χ0v) is 9.87. The third kappa shape index (κ3) is 1.62. The van der Waals surface area contributed by atoms with Gasteiger partial charge in [0, 0.05) is 11.1 Å². The summed E-state index contributed by atoms with van der Waals surface area (Å²) in [4.78, 5) is 23.5. The van der Waals surface area contributed by atoms with Crippen molar-refractivity contribution in [3.05, 3.63) is 34.9 Å². The van der Waals surface area contributed by atoms with E-state index in [1.807, 2.05) is 0 Å². The van der Waals surface area contributed by atoms with Crippen molar-refractivity contribution in [2.45, 2.75) is 6.92 Å². The van der Waals surface area contributed by atoms with Gasteiger partial charge >= 0.3 is 0 Å². The summed E-state index contributed by atoms with van der Waals surface area (Å²) in [6.45, 7) is 1.79. The first-order valence-corrected chi connectivity index (χ1v) is 5.12. The Kier molecular flexibility index (Phi) is 2.71. The van der Waals surface area contributed by atoms with Crippen molar-refractivity contribution in [1.82, 2.24) is 0 Å². The van der Waals surface area contributed by atoms with Crippen molar-refractivity contribution in [3.63, 3.8) is 0 Å². The van der Waals surface area contributed by atoms with Crippen LogP contribution in [-0.4, -0.2) is 25.8 Å². The highest BCUT2D eigenvalue weighted by Gasteiger charge is 2.26. The molecule has 1 aliphatic rings. The van der Waals surface area contributed by atoms with E-state index in [9.17, 15) is 9.59 Å². The predicted octanol–water partition coefficient (Wildman–Crippen LogP) is 1.95. The van der Waals surface area contributed by atoms with Crippen molar-refractivity contribution in [2.75, 3.05) is 14.2 Å². The summed E-state index contributed by atoms with van der Waals surface area (Å²) in [5, 5.41) is 0. The van der Waals surface area contributed by atoms with Gasteiger partial charge in [-0.25, -0.2) is 0 Å². The number of carbonyl (C=O) groups is 2. The second kappa shape index (κ2) is 4.05. The fourth-order valence-electron chi connectivity index (χ4n) is 1.96. The lowest BCUT2D eigenvalue weighted by Gasteiger charge is -2.18. The van der Waals surface area contributed by atoms with Crippen LogP contribution in [0.4, 0.5) is 0 Å². The lowest BCUT2D eigenvalue weighted by molar-refractivity contribution is 0.0991. The number of hydrogen-bond donors (Lipinski definition) is 0. The quantitative estimate of drug-likeness (QED) is 0.782. The molecule has 1 aromatic rings. The fraction of sp³-hybridized carbons (Fsp3) is 0.231. The van der Waals surface area contributed by atoms with Gasteiger partial charge in [-0.1, -0.05) is 0 Å². The molecule has 0 saturated heterocycles. The monoisotopic (exact) mass is 232 g/mol. The van der Waals surface area contributed by atoms with E-state index in [2.05, 4.69) is 0 Å². The highest BCUT2D eigenvalue weighted by atomic mass is 16.5. The summed E-state index contributed by atoms with van der Waals surface area (Å²) in [5.74, 6) is 0.512. The van der Waals surface area contributed by atoms with Crippen molar-refractivity contribution >= 4 is 11.6 Å². The van der Waals surface area contributed by atoms with E-state index in [-0.39, 0.29) is 11.6 Å². The first-order chi connectivity index (χ1) is 8.10. The van der Waals surface area contributed by atoms with Crippen LogP contribution in [0, 0.1) is 6.92 Å². The molecule has 0 aliphatic heterocycles. The number of fused-ring (bicyclic) bond motifs is 1. The molecule has 4 heteroatoms. The van der Waals surface area contributed by atoms with E-state index in [0.29, 0.717) is 28.2 Å². The maximum Gasteiger partial charge on any atom is 0.190 e. The molecule has 0 fully saturated rings. The Labute approximate surface area is 98.8 Å². The molecule has 0 saturated carbocycles. The van der Waals surface area contributed by atoms with Crippen LogP contribution in [0.25, 0.3) is 0 Å². The van der Waals surface area contributed by atoms with Crippen molar-refractivity contribution in [2.24, 2.45) is 0 Å². The molecule has 0 aromatic heterocycles. The third-order valence-corrected chi connectivity index (χ3v) is 2.80. The molecule has 0 radical (unpaired) electrons. The molecule has 0 N–H and O–H groups in total. The smallest absolute Gasteiger partial charge is 0.190 e. The minimum Gasteiger partial charge on any atom is -0.496 e. The van der Waals surface area contributed by atoms with E-state index in [4.69, 9.17) is 9.47 Å². The summed E-state index contributed by atoms with van der Waals surface area (Å²) >= 11 is 0. The van der Waals surface area contributed by atoms with E-state index in [1.54, 1.807) is 13.0 Å². The normalized spacial score (nSPS) is 13.6. The first-order valence-electron chi connectivity index (χ1n) is 5.12. The lowest BCUT2D eigenvalue weighted by atomic mass is 9.91. The molecular weight excluding hydrogens is 220 g/mol. The molecule has 0 atom stereocenters. The van der Waals surface area contributed by atoms with Crippen LogP contribution in [0.3, 0.4) is 0 Å². The first kappa shape index (κ1) is 11.4. The highest BCUT2D eigenvalue weighted by molar-refractivity contribution is 6.23. The third-order valence-electron chi connectivity index (χ3n) is 2.80. The number of hydrogen-bond acceptors (Lipinski definition) is 4. The lowest BCUT2D eigenvalue weighted by Crippen LogP contribution is -2.14. The van der Waals surface area contributed by atoms with Gasteiger partial charge < -0.3 is 9.47 Å². The summed E-state index contributed by atoms with van der Waals surface area (Å²) in [6, 6.07) is 1.58. The maximum atomic E-state index is 11.8. The molecule has 0 unspecified atom stereocenters. The Bertz CT molecular complexity index is 541. The zero-order valence-electron chi connectivity index (χ0n) is 9.87. The van der Waals surface area contributed by atoms with Crippen molar-refractivity contribution < 1.29 is 19.1 Å². The van der Waals surface area contributed by atoms with Gasteiger partial charge in [0.1, 0.15) is 11.5 Å². The molecule has 0 bridgehead atoms. The summed E-state index contributed by atoms with van der Waals surface area (Å²) in [5.41, 5.74) is 1.36. The van der Waals surface area contributed by atoms with Crippen LogP contribution in [0.5, 0.6) is 11.5 Å². The highest BCUT2D eigenvalue weighted by Crippen LogP contribution is 2.36. The molecule has 1 aliphatic carbocycles. The van der Waals surface area contributed by atoms with Crippen LogP contribution in [0.1, 0.15) is 26.3 Å². The Morgan fingerprint density at radius 1 is 1.00 bits per heavy atom. The zero-order chi connectivity index (χ0) is 12.6. The number of ketones is 2. The van der Waals surface area contributed by atoms with Crippen LogP contribution in [0.15, 0.2) is 18.2 Å². The molecule has 4 nitrogen and oxygen atoms in total.